The van der Waals surface area contributed by atoms with Crippen LogP contribution in [0.15, 0.2) is 72.9 Å². The quantitative estimate of drug-likeness (QED) is 0.341. The molecule has 2 amide bonds. The summed E-state index contributed by atoms with van der Waals surface area (Å²) in [4.78, 5) is 34.0. The van der Waals surface area contributed by atoms with Gasteiger partial charge >= 0.3 is 0 Å². The minimum absolute atomic E-state index is 0.120. The first-order valence-corrected chi connectivity index (χ1v) is 13.3. The Morgan fingerprint density at radius 3 is 2.26 bits per heavy atom. The lowest BCUT2D eigenvalue weighted by molar-refractivity contribution is -0.134. The van der Waals surface area contributed by atoms with Gasteiger partial charge in [0.1, 0.15) is 5.82 Å². The van der Waals surface area contributed by atoms with Crippen LogP contribution in [0.5, 0.6) is 0 Å². The number of hydrogen-bond acceptors (Lipinski definition) is 4. The third-order valence-corrected chi connectivity index (χ3v) is 7.44. The smallest absolute Gasteiger partial charge is 0.255 e. The number of anilines is 1. The average molecular weight is 525 g/mol. The number of nitrogens with one attached hydrogen (secondary N) is 1. The van der Waals surface area contributed by atoms with Gasteiger partial charge in [0.2, 0.25) is 5.91 Å². The number of fused-ring (bicyclic) bond motifs is 1. The maximum Gasteiger partial charge on any atom is 0.255 e. The van der Waals surface area contributed by atoms with Gasteiger partial charge in [0.05, 0.1) is 5.52 Å². The van der Waals surface area contributed by atoms with Gasteiger partial charge in [0.15, 0.2) is 0 Å². The van der Waals surface area contributed by atoms with E-state index in [1.165, 1.54) is 12.1 Å². The molecule has 1 aliphatic rings. The van der Waals surface area contributed by atoms with Crippen molar-refractivity contribution in [1.82, 2.24) is 14.8 Å². The number of aryl methyl sites for hydroxylation is 1. The molecule has 5 rings (SSSR count). The molecule has 1 aliphatic heterocycles. The van der Waals surface area contributed by atoms with E-state index in [0.717, 1.165) is 71.3 Å². The van der Waals surface area contributed by atoms with E-state index in [1.54, 1.807) is 29.2 Å². The molecule has 1 fully saturated rings. The normalized spacial score (nSPS) is 14.4. The van der Waals surface area contributed by atoms with Gasteiger partial charge < -0.3 is 10.2 Å². The van der Waals surface area contributed by atoms with Crippen LogP contribution >= 0.6 is 0 Å². The summed E-state index contributed by atoms with van der Waals surface area (Å²) in [5.74, 6) is -0.130. The molecule has 1 saturated heterocycles. The highest BCUT2D eigenvalue weighted by atomic mass is 19.1. The third-order valence-electron chi connectivity index (χ3n) is 7.44. The van der Waals surface area contributed by atoms with E-state index in [2.05, 4.69) is 27.3 Å². The summed E-state index contributed by atoms with van der Waals surface area (Å²) in [5, 5.41) is 4.05. The first-order chi connectivity index (χ1) is 18.8. The fraction of sp³-hybridized carbons (Fsp3) is 0.281. The summed E-state index contributed by atoms with van der Waals surface area (Å²) in [6, 6.07) is 19.7. The molecule has 200 valence electrons. The maximum absolute atomic E-state index is 13.2. The topological polar surface area (TPSA) is 65.5 Å². The van der Waals surface area contributed by atoms with E-state index in [-0.39, 0.29) is 23.5 Å². The van der Waals surface area contributed by atoms with Gasteiger partial charge in [0, 0.05) is 49.4 Å². The molecule has 1 N–H and O–H groups in total. The largest absolute Gasteiger partial charge is 0.349 e. The lowest BCUT2D eigenvalue weighted by Crippen LogP contribution is -2.39. The molecule has 0 unspecified atom stereocenters. The van der Waals surface area contributed by atoms with Gasteiger partial charge in [-0.25, -0.2) is 4.39 Å². The van der Waals surface area contributed by atoms with Crippen LogP contribution < -0.4 is 5.32 Å². The molecular weight excluding hydrogens is 491 g/mol. The number of amides is 2. The molecule has 39 heavy (non-hydrogen) atoms. The molecule has 0 bridgehead atoms. The molecule has 6 nitrogen and oxygen atoms in total. The highest BCUT2D eigenvalue weighted by molar-refractivity contribution is 6.05. The summed E-state index contributed by atoms with van der Waals surface area (Å²) in [5.41, 5.74) is 5.99. The summed E-state index contributed by atoms with van der Waals surface area (Å²) >= 11 is 0. The molecule has 0 spiro atoms. The highest BCUT2D eigenvalue weighted by Gasteiger charge is 2.26. The second-order valence-electron chi connectivity index (χ2n) is 10.5. The number of aromatic nitrogens is 1. The Bertz CT molecular complexity index is 1490. The van der Waals surface area contributed by atoms with Crippen molar-refractivity contribution >= 4 is 28.4 Å². The minimum Gasteiger partial charge on any atom is -0.349 e. The summed E-state index contributed by atoms with van der Waals surface area (Å²) < 4.78 is 13.2. The number of benzene rings is 3. The van der Waals surface area contributed by atoms with E-state index in [1.807, 2.05) is 45.4 Å². The zero-order valence-corrected chi connectivity index (χ0v) is 22.6. The van der Waals surface area contributed by atoms with Crippen molar-refractivity contribution in [3.8, 4) is 11.1 Å². The van der Waals surface area contributed by atoms with Crippen LogP contribution in [0.1, 0.15) is 34.3 Å². The van der Waals surface area contributed by atoms with Crippen molar-refractivity contribution < 1.29 is 14.0 Å². The molecule has 1 aromatic heterocycles. The second-order valence-corrected chi connectivity index (χ2v) is 10.5. The van der Waals surface area contributed by atoms with E-state index >= 15 is 0 Å². The summed E-state index contributed by atoms with van der Waals surface area (Å²) in [6.45, 7) is 4.58. The number of hydrogen-bond donors (Lipinski definition) is 1. The Kier molecular flexibility index (Phi) is 7.70. The predicted octanol–water partition coefficient (Wildman–Crippen LogP) is 5.90. The molecule has 0 saturated carbocycles. The lowest BCUT2D eigenvalue weighted by atomic mass is 9.95. The van der Waals surface area contributed by atoms with Crippen molar-refractivity contribution in [2.24, 2.45) is 5.92 Å². The monoisotopic (exact) mass is 524 g/mol. The van der Waals surface area contributed by atoms with E-state index in [9.17, 15) is 14.0 Å². The second kappa shape index (κ2) is 11.3. The van der Waals surface area contributed by atoms with Crippen LogP contribution in [0.3, 0.4) is 0 Å². The van der Waals surface area contributed by atoms with E-state index in [4.69, 9.17) is 0 Å². The first kappa shape index (κ1) is 26.5. The van der Waals surface area contributed by atoms with Crippen molar-refractivity contribution in [1.29, 1.82) is 0 Å². The van der Waals surface area contributed by atoms with Gasteiger partial charge in [-0.3, -0.25) is 19.5 Å². The molecule has 0 atom stereocenters. The Hall–Kier alpha value is -4.10. The zero-order chi connectivity index (χ0) is 27.5. The molecular formula is C32H33FN4O2. The number of likely N-dealkylation sites (tertiary alicyclic amines) is 1. The van der Waals surface area contributed by atoms with Crippen molar-refractivity contribution in [3.05, 3.63) is 95.4 Å². The van der Waals surface area contributed by atoms with Crippen LogP contribution in [0.2, 0.25) is 0 Å². The van der Waals surface area contributed by atoms with Gasteiger partial charge in [0.25, 0.3) is 5.91 Å². The van der Waals surface area contributed by atoms with Gasteiger partial charge in [-0.15, -0.1) is 0 Å². The van der Waals surface area contributed by atoms with Crippen LogP contribution in [0.4, 0.5) is 10.1 Å². The highest BCUT2D eigenvalue weighted by Crippen LogP contribution is 2.26. The van der Waals surface area contributed by atoms with Gasteiger partial charge in [-0.1, -0.05) is 24.3 Å². The van der Waals surface area contributed by atoms with Crippen LogP contribution in [-0.4, -0.2) is 53.8 Å². The predicted molar refractivity (Wildman–Crippen MR) is 153 cm³/mol. The lowest BCUT2D eigenvalue weighted by Gasteiger charge is -2.32. The van der Waals surface area contributed by atoms with Crippen molar-refractivity contribution in [2.75, 3.05) is 32.5 Å². The Morgan fingerprint density at radius 1 is 0.974 bits per heavy atom. The number of halogens is 1. The Morgan fingerprint density at radius 2 is 1.62 bits per heavy atom. The average Bonchev–Trinajstić information content (AvgIpc) is 2.94. The van der Waals surface area contributed by atoms with E-state index < -0.39 is 0 Å². The fourth-order valence-electron chi connectivity index (χ4n) is 5.17. The molecule has 2 heterocycles. The fourth-order valence-corrected chi connectivity index (χ4v) is 5.17. The number of nitrogens with zero attached hydrogens (tertiary/aromatic N) is 3. The first-order valence-electron chi connectivity index (χ1n) is 13.3. The van der Waals surface area contributed by atoms with Crippen molar-refractivity contribution in [2.45, 2.75) is 26.3 Å². The third kappa shape index (κ3) is 6.15. The minimum atomic E-state index is -0.277. The van der Waals surface area contributed by atoms with Gasteiger partial charge in [-0.05, 0) is 97.6 Å². The molecule has 4 aromatic rings. The Balaban J connectivity index is 1.23. The zero-order valence-electron chi connectivity index (χ0n) is 22.6. The molecule has 0 radical (unpaired) electrons. The molecule has 3 aromatic carbocycles. The summed E-state index contributed by atoms with van der Waals surface area (Å²) in [7, 11) is 3.64. The van der Waals surface area contributed by atoms with Gasteiger partial charge in [-0.2, -0.15) is 0 Å². The molecule has 7 heteroatoms. The SMILES string of the molecule is Cc1cc2cc(CN3CCC(C(=O)N(C)C)CC3)cnc2cc1NC(=O)c1ccc(-c2ccc(F)cc2)cc1. The standard InChI is InChI=1S/C32H33FN4O2/c1-21-16-27-17-22(20-37-14-12-26(13-15-37)32(39)36(2)3)19-34-30(27)18-29(21)35-31(38)25-6-4-23(5-7-25)24-8-10-28(33)11-9-24/h4-11,16-19,26H,12-15,20H2,1-3H3,(H,35,38). The maximum atomic E-state index is 13.2. The number of carbonyl (C=O) groups excluding carboxylic acids is 2. The van der Waals surface area contributed by atoms with Crippen LogP contribution in [0, 0.1) is 18.7 Å². The number of pyridine rings is 1. The van der Waals surface area contributed by atoms with E-state index in [0.29, 0.717) is 5.56 Å². The number of rotatable bonds is 6. The van der Waals surface area contributed by atoms with Crippen LogP contribution in [0.25, 0.3) is 22.0 Å². The van der Waals surface area contributed by atoms with Crippen LogP contribution in [-0.2, 0) is 11.3 Å². The number of carbonyl (C=O) groups is 2. The Labute approximate surface area is 228 Å². The summed E-state index contributed by atoms with van der Waals surface area (Å²) in [6.07, 6.45) is 3.67. The number of piperidine rings is 1. The molecule has 0 aliphatic carbocycles. The van der Waals surface area contributed by atoms with Crippen molar-refractivity contribution in [3.63, 3.8) is 0 Å².